The Labute approximate surface area is 125 Å². The zero-order chi connectivity index (χ0) is 15.5. The summed E-state index contributed by atoms with van der Waals surface area (Å²) >= 11 is 0. The SMILES string of the molecule is CCC(C)(OC)c1noc(C(C)C(N)c2ccccc2)n1. The van der Waals surface area contributed by atoms with E-state index in [4.69, 9.17) is 15.0 Å². The lowest BCUT2D eigenvalue weighted by Gasteiger charge is -2.22. The first-order chi connectivity index (χ1) is 10.0. The van der Waals surface area contributed by atoms with Gasteiger partial charge < -0.3 is 15.0 Å². The number of nitrogens with zero attached hydrogens (tertiary/aromatic N) is 2. The Kier molecular flexibility index (Phi) is 4.75. The van der Waals surface area contributed by atoms with Crippen molar-refractivity contribution in [2.45, 2.75) is 44.8 Å². The van der Waals surface area contributed by atoms with Gasteiger partial charge in [0.1, 0.15) is 5.60 Å². The Hall–Kier alpha value is -1.72. The lowest BCUT2D eigenvalue weighted by atomic mass is 9.95. The molecule has 1 aromatic heterocycles. The molecule has 1 heterocycles. The van der Waals surface area contributed by atoms with Crippen LogP contribution in [-0.4, -0.2) is 17.3 Å². The molecule has 2 aromatic rings. The van der Waals surface area contributed by atoms with E-state index in [1.165, 1.54) is 0 Å². The second-order valence-corrected chi connectivity index (χ2v) is 5.47. The molecule has 0 saturated heterocycles. The highest BCUT2D eigenvalue weighted by atomic mass is 16.5. The Morgan fingerprint density at radius 1 is 1.33 bits per heavy atom. The van der Waals surface area contributed by atoms with Gasteiger partial charge in [-0.1, -0.05) is 49.3 Å². The predicted octanol–water partition coefficient (Wildman–Crippen LogP) is 3.14. The van der Waals surface area contributed by atoms with Gasteiger partial charge in [0.25, 0.3) is 0 Å². The molecule has 0 spiro atoms. The average Bonchev–Trinajstić information content (AvgIpc) is 3.04. The first-order valence-electron chi connectivity index (χ1n) is 7.21. The maximum absolute atomic E-state index is 6.29. The van der Waals surface area contributed by atoms with Crippen molar-refractivity contribution in [1.29, 1.82) is 0 Å². The first-order valence-corrected chi connectivity index (χ1v) is 7.21. The molecule has 0 fully saturated rings. The van der Waals surface area contributed by atoms with Crippen molar-refractivity contribution in [3.8, 4) is 0 Å². The summed E-state index contributed by atoms with van der Waals surface area (Å²) in [5, 5.41) is 4.06. The fourth-order valence-corrected chi connectivity index (χ4v) is 2.15. The molecule has 114 valence electrons. The highest BCUT2D eigenvalue weighted by Gasteiger charge is 2.32. The third-order valence-corrected chi connectivity index (χ3v) is 4.15. The number of aromatic nitrogens is 2. The average molecular weight is 289 g/mol. The van der Waals surface area contributed by atoms with Gasteiger partial charge in [0.2, 0.25) is 11.7 Å². The third kappa shape index (κ3) is 3.14. The van der Waals surface area contributed by atoms with Crippen molar-refractivity contribution >= 4 is 0 Å². The normalized spacial score (nSPS) is 17.2. The van der Waals surface area contributed by atoms with Crippen LogP contribution in [0.3, 0.4) is 0 Å². The molecule has 0 saturated carbocycles. The summed E-state index contributed by atoms with van der Waals surface area (Å²) in [7, 11) is 1.65. The van der Waals surface area contributed by atoms with E-state index in [1.54, 1.807) is 7.11 Å². The Balaban J connectivity index is 2.21. The lowest BCUT2D eigenvalue weighted by molar-refractivity contribution is -0.0106. The van der Waals surface area contributed by atoms with Crippen molar-refractivity contribution in [2.75, 3.05) is 7.11 Å². The number of ether oxygens (including phenoxy) is 1. The van der Waals surface area contributed by atoms with Crippen LogP contribution in [0.5, 0.6) is 0 Å². The number of methoxy groups -OCH3 is 1. The second kappa shape index (κ2) is 6.37. The van der Waals surface area contributed by atoms with Crippen LogP contribution in [0.1, 0.15) is 56.4 Å². The minimum Gasteiger partial charge on any atom is -0.370 e. The molecule has 3 unspecified atom stereocenters. The van der Waals surface area contributed by atoms with Crippen LogP contribution in [-0.2, 0) is 10.3 Å². The van der Waals surface area contributed by atoms with Crippen LogP contribution in [0.2, 0.25) is 0 Å². The highest BCUT2D eigenvalue weighted by Crippen LogP contribution is 2.31. The molecule has 0 aliphatic carbocycles. The number of hydrogen-bond donors (Lipinski definition) is 1. The summed E-state index contributed by atoms with van der Waals surface area (Å²) in [6.45, 7) is 5.97. The molecule has 1 aromatic carbocycles. The quantitative estimate of drug-likeness (QED) is 0.884. The van der Waals surface area contributed by atoms with Gasteiger partial charge in [0, 0.05) is 13.2 Å². The Morgan fingerprint density at radius 2 is 2.00 bits per heavy atom. The standard InChI is InChI=1S/C16H23N3O2/c1-5-16(3,20-4)15-18-14(21-19-15)11(2)13(17)12-9-7-6-8-10-12/h6-11,13H,5,17H2,1-4H3. The predicted molar refractivity (Wildman–Crippen MR) is 80.7 cm³/mol. The zero-order valence-electron chi connectivity index (χ0n) is 13.0. The largest absolute Gasteiger partial charge is 0.370 e. The van der Waals surface area contributed by atoms with Crippen molar-refractivity contribution < 1.29 is 9.26 Å². The maximum Gasteiger partial charge on any atom is 0.231 e. The molecule has 0 bridgehead atoms. The van der Waals surface area contributed by atoms with Gasteiger partial charge in [0.05, 0.1) is 5.92 Å². The first kappa shape index (κ1) is 15.7. The van der Waals surface area contributed by atoms with Crippen LogP contribution in [0.4, 0.5) is 0 Å². The van der Waals surface area contributed by atoms with E-state index >= 15 is 0 Å². The van der Waals surface area contributed by atoms with E-state index in [2.05, 4.69) is 10.1 Å². The van der Waals surface area contributed by atoms with E-state index in [0.717, 1.165) is 12.0 Å². The number of hydrogen-bond acceptors (Lipinski definition) is 5. The van der Waals surface area contributed by atoms with E-state index < -0.39 is 5.60 Å². The molecule has 0 radical (unpaired) electrons. The van der Waals surface area contributed by atoms with E-state index in [0.29, 0.717) is 11.7 Å². The third-order valence-electron chi connectivity index (χ3n) is 4.15. The molecule has 0 amide bonds. The van der Waals surface area contributed by atoms with Gasteiger partial charge in [-0.25, -0.2) is 0 Å². The molecule has 2 rings (SSSR count). The fourth-order valence-electron chi connectivity index (χ4n) is 2.15. The Morgan fingerprint density at radius 3 is 2.57 bits per heavy atom. The summed E-state index contributed by atoms with van der Waals surface area (Å²) < 4.78 is 10.9. The van der Waals surface area contributed by atoms with Crippen molar-refractivity contribution in [2.24, 2.45) is 5.73 Å². The van der Waals surface area contributed by atoms with Crippen LogP contribution in [0.25, 0.3) is 0 Å². The van der Waals surface area contributed by atoms with E-state index in [1.807, 2.05) is 51.1 Å². The van der Waals surface area contributed by atoms with Crippen molar-refractivity contribution in [3.05, 3.63) is 47.6 Å². The zero-order valence-corrected chi connectivity index (χ0v) is 13.0. The summed E-state index contributed by atoms with van der Waals surface area (Å²) in [4.78, 5) is 4.49. The Bertz CT molecular complexity index is 564. The summed E-state index contributed by atoms with van der Waals surface area (Å²) in [6, 6.07) is 9.74. The summed E-state index contributed by atoms with van der Waals surface area (Å²) in [6.07, 6.45) is 0.765. The van der Waals surface area contributed by atoms with Gasteiger partial charge >= 0.3 is 0 Å². The minimum atomic E-state index is -0.529. The van der Waals surface area contributed by atoms with Gasteiger partial charge in [-0.2, -0.15) is 4.98 Å². The van der Waals surface area contributed by atoms with Gasteiger partial charge in [-0.3, -0.25) is 0 Å². The number of benzene rings is 1. The minimum absolute atomic E-state index is 0.0633. The summed E-state index contributed by atoms with van der Waals surface area (Å²) in [5.41, 5.74) is 6.82. The molecule has 3 atom stereocenters. The van der Waals surface area contributed by atoms with Crippen LogP contribution >= 0.6 is 0 Å². The molecular formula is C16H23N3O2. The van der Waals surface area contributed by atoms with Gasteiger partial charge in [-0.05, 0) is 18.9 Å². The number of nitrogens with two attached hydrogens (primary N) is 1. The molecule has 2 N–H and O–H groups in total. The smallest absolute Gasteiger partial charge is 0.231 e. The molecule has 5 heteroatoms. The topological polar surface area (TPSA) is 74.2 Å². The molecule has 5 nitrogen and oxygen atoms in total. The van der Waals surface area contributed by atoms with Crippen LogP contribution in [0.15, 0.2) is 34.9 Å². The molecule has 0 aliphatic rings. The van der Waals surface area contributed by atoms with Gasteiger partial charge in [0.15, 0.2) is 0 Å². The fraction of sp³-hybridized carbons (Fsp3) is 0.500. The number of rotatable bonds is 6. The maximum atomic E-state index is 6.29. The van der Waals surface area contributed by atoms with Crippen LogP contribution < -0.4 is 5.73 Å². The van der Waals surface area contributed by atoms with E-state index in [-0.39, 0.29) is 12.0 Å². The molecule has 21 heavy (non-hydrogen) atoms. The van der Waals surface area contributed by atoms with Gasteiger partial charge in [-0.15, -0.1) is 0 Å². The highest BCUT2D eigenvalue weighted by molar-refractivity contribution is 5.21. The lowest BCUT2D eigenvalue weighted by Crippen LogP contribution is -2.25. The molecule has 0 aliphatic heterocycles. The monoisotopic (exact) mass is 289 g/mol. The van der Waals surface area contributed by atoms with Crippen molar-refractivity contribution in [1.82, 2.24) is 10.1 Å². The molecular weight excluding hydrogens is 266 g/mol. The summed E-state index contributed by atoms with van der Waals surface area (Å²) in [5.74, 6) is 1.04. The second-order valence-electron chi connectivity index (χ2n) is 5.47. The van der Waals surface area contributed by atoms with Crippen molar-refractivity contribution in [3.63, 3.8) is 0 Å². The van der Waals surface area contributed by atoms with E-state index in [9.17, 15) is 0 Å². The van der Waals surface area contributed by atoms with Crippen LogP contribution in [0, 0.1) is 0 Å².